The molecule has 0 radical (unpaired) electrons. The highest BCUT2D eigenvalue weighted by Gasteiger charge is 2.28. The molecule has 0 aliphatic carbocycles. The summed E-state index contributed by atoms with van der Waals surface area (Å²) in [7, 11) is 0. The Morgan fingerprint density at radius 2 is 2.12 bits per heavy atom. The molecular formula is C13H17FO2. The van der Waals surface area contributed by atoms with Crippen molar-refractivity contribution in [3.8, 4) is 0 Å². The Morgan fingerprint density at radius 1 is 1.44 bits per heavy atom. The van der Waals surface area contributed by atoms with Gasteiger partial charge in [-0.25, -0.2) is 4.39 Å². The second kappa shape index (κ2) is 4.93. The van der Waals surface area contributed by atoms with Crippen LogP contribution in [0.25, 0.3) is 0 Å². The Labute approximate surface area is 95.1 Å². The molecule has 1 N–H and O–H groups in total. The smallest absolute Gasteiger partial charge is 0.123 e. The van der Waals surface area contributed by atoms with E-state index in [2.05, 4.69) is 0 Å². The number of halogens is 1. The number of aliphatic hydroxyl groups excluding tert-OH is 1. The van der Waals surface area contributed by atoms with Crippen LogP contribution in [0, 0.1) is 11.7 Å². The van der Waals surface area contributed by atoms with Gasteiger partial charge in [0.15, 0.2) is 0 Å². The molecule has 1 heterocycles. The zero-order valence-corrected chi connectivity index (χ0v) is 9.40. The van der Waals surface area contributed by atoms with E-state index in [-0.39, 0.29) is 17.8 Å². The van der Waals surface area contributed by atoms with Crippen LogP contribution in [0.4, 0.5) is 4.39 Å². The van der Waals surface area contributed by atoms with Crippen LogP contribution in [-0.4, -0.2) is 23.9 Å². The molecule has 16 heavy (non-hydrogen) atoms. The van der Waals surface area contributed by atoms with E-state index in [0.717, 1.165) is 12.0 Å². The molecule has 2 rings (SSSR count). The fourth-order valence-corrected chi connectivity index (χ4v) is 2.15. The fraction of sp³-hybridized carbons (Fsp3) is 0.538. The van der Waals surface area contributed by atoms with Crippen LogP contribution >= 0.6 is 0 Å². The van der Waals surface area contributed by atoms with Gasteiger partial charge in [0.2, 0.25) is 0 Å². The minimum absolute atomic E-state index is 0.208. The molecule has 1 saturated heterocycles. The predicted molar refractivity (Wildman–Crippen MR) is 59.6 cm³/mol. The van der Waals surface area contributed by atoms with Gasteiger partial charge in [0.05, 0.1) is 18.8 Å². The first-order valence-electron chi connectivity index (χ1n) is 5.69. The summed E-state index contributed by atoms with van der Waals surface area (Å²) in [5.74, 6) is -0.0314. The SMILES string of the molecule is CC1CC(C(O)Cc2ccc(F)cc2)CO1. The lowest BCUT2D eigenvalue weighted by atomic mass is 9.94. The van der Waals surface area contributed by atoms with Crippen molar-refractivity contribution in [2.75, 3.05) is 6.61 Å². The van der Waals surface area contributed by atoms with Crippen LogP contribution in [0.2, 0.25) is 0 Å². The molecule has 3 atom stereocenters. The van der Waals surface area contributed by atoms with E-state index in [1.165, 1.54) is 12.1 Å². The molecule has 1 aromatic carbocycles. The van der Waals surface area contributed by atoms with E-state index >= 15 is 0 Å². The van der Waals surface area contributed by atoms with Crippen LogP contribution in [0.1, 0.15) is 18.9 Å². The summed E-state index contributed by atoms with van der Waals surface area (Å²) in [6, 6.07) is 6.29. The Morgan fingerprint density at radius 3 is 2.69 bits per heavy atom. The Balaban J connectivity index is 1.91. The second-order valence-electron chi connectivity index (χ2n) is 4.54. The van der Waals surface area contributed by atoms with Crippen molar-refractivity contribution in [3.05, 3.63) is 35.6 Å². The van der Waals surface area contributed by atoms with E-state index in [0.29, 0.717) is 13.0 Å². The number of rotatable bonds is 3. The van der Waals surface area contributed by atoms with E-state index in [1.54, 1.807) is 12.1 Å². The van der Waals surface area contributed by atoms with Gasteiger partial charge >= 0.3 is 0 Å². The number of hydrogen-bond acceptors (Lipinski definition) is 2. The number of benzene rings is 1. The molecule has 2 nitrogen and oxygen atoms in total. The van der Waals surface area contributed by atoms with Crippen molar-refractivity contribution < 1.29 is 14.2 Å². The van der Waals surface area contributed by atoms with Crippen LogP contribution < -0.4 is 0 Å². The van der Waals surface area contributed by atoms with Crippen molar-refractivity contribution in [1.82, 2.24) is 0 Å². The van der Waals surface area contributed by atoms with Gasteiger partial charge in [-0.2, -0.15) is 0 Å². The maximum absolute atomic E-state index is 12.7. The van der Waals surface area contributed by atoms with E-state index < -0.39 is 6.10 Å². The quantitative estimate of drug-likeness (QED) is 0.852. The molecule has 0 spiro atoms. The molecule has 1 aliphatic heterocycles. The molecule has 3 heteroatoms. The summed E-state index contributed by atoms with van der Waals surface area (Å²) in [5, 5.41) is 10.0. The molecule has 0 bridgehead atoms. The minimum atomic E-state index is -0.393. The van der Waals surface area contributed by atoms with Crippen LogP contribution in [-0.2, 0) is 11.2 Å². The molecule has 88 valence electrons. The molecular weight excluding hydrogens is 207 g/mol. The summed E-state index contributed by atoms with van der Waals surface area (Å²) in [6.07, 6.45) is 1.33. The number of hydrogen-bond donors (Lipinski definition) is 1. The van der Waals surface area contributed by atoms with Gasteiger partial charge in [0.25, 0.3) is 0 Å². The third kappa shape index (κ3) is 2.80. The lowest BCUT2D eigenvalue weighted by Gasteiger charge is -2.16. The van der Waals surface area contributed by atoms with Gasteiger partial charge in [0, 0.05) is 5.92 Å². The highest BCUT2D eigenvalue weighted by Crippen LogP contribution is 2.24. The average molecular weight is 224 g/mol. The maximum Gasteiger partial charge on any atom is 0.123 e. The van der Waals surface area contributed by atoms with Gasteiger partial charge in [-0.3, -0.25) is 0 Å². The summed E-state index contributed by atoms with van der Waals surface area (Å²) in [4.78, 5) is 0. The maximum atomic E-state index is 12.7. The zero-order valence-electron chi connectivity index (χ0n) is 9.40. The second-order valence-corrected chi connectivity index (χ2v) is 4.54. The standard InChI is InChI=1S/C13H17FO2/c1-9-6-11(8-16-9)13(15)7-10-2-4-12(14)5-3-10/h2-5,9,11,13,15H,6-8H2,1H3. The first-order chi connectivity index (χ1) is 7.65. The predicted octanol–water partition coefficient (Wildman–Crippen LogP) is 2.15. The molecule has 0 saturated carbocycles. The minimum Gasteiger partial charge on any atom is -0.392 e. The molecule has 0 amide bonds. The van der Waals surface area contributed by atoms with Crippen molar-refractivity contribution in [2.24, 2.45) is 5.92 Å². The first kappa shape index (κ1) is 11.6. The average Bonchev–Trinajstić information content (AvgIpc) is 2.68. The molecule has 1 fully saturated rings. The molecule has 1 aromatic rings. The highest BCUT2D eigenvalue weighted by molar-refractivity contribution is 5.17. The first-order valence-corrected chi connectivity index (χ1v) is 5.69. The Kier molecular flexibility index (Phi) is 3.56. The summed E-state index contributed by atoms with van der Waals surface area (Å²) in [6.45, 7) is 2.65. The Bertz CT molecular complexity index is 336. The molecule has 0 aromatic heterocycles. The largest absolute Gasteiger partial charge is 0.392 e. The van der Waals surface area contributed by atoms with E-state index in [9.17, 15) is 9.50 Å². The fourth-order valence-electron chi connectivity index (χ4n) is 2.15. The van der Waals surface area contributed by atoms with Crippen molar-refractivity contribution in [3.63, 3.8) is 0 Å². The lowest BCUT2D eigenvalue weighted by molar-refractivity contribution is 0.0807. The molecule has 1 aliphatic rings. The number of aliphatic hydroxyl groups is 1. The van der Waals surface area contributed by atoms with Crippen molar-refractivity contribution in [2.45, 2.75) is 32.0 Å². The van der Waals surface area contributed by atoms with E-state index in [1.807, 2.05) is 6.92 Å². The highest BCUT2D eigenvalue weighted by atomic mass is 19.1. The number of ether oxygens (including phenoxy) is 1. The van der Waals surface area contributed by atoms with Gasteiger partial charge in [0.1, 0.15) is 5.82 Å². The van der Waals surface area contributed by atoms with Gasteiger partial charge in [-0.1, -0.05) is 12.1 Å². The van der Waals surface area contributed by atoms with Gasteiger partial charge < -0.3 is 9.84 Å². The molecule has 3 unspecified atom stereocenters. The lowest BCUT2D eigenvalue weighted by Crippen LogP contribution is -2.23. The van der Waals surface area contributed by atoms with E-state index in [4.69, 9.17) is 4.74 Å². The van der Waals surface area contributed by atoms with Gasteiger partial charge in [-0.05, 0) is 37.5 Å². The third-order valence-electron chi connectivity index (χ3n) is 3.13. The zero-order chi connectivity index (χ0) is 11.5. The van der Waals surface area contributed by atoms with Crippen molar-refractivity contribution in [1.29, 1.82) is 0 Å². The Hall–Kier alpha value is -0.930. The van der Waals surface area contributed by atoms with Crippen LogP contribution in [0.3, 0.4) is 0 Å². The van der Waals surface area contributed by atoms with Crippen LogP contribution in [0.5, 0.6) is 0 Å². The van der Waals surface area contributed by atoms with Gasteiger partial charge in [-0.15, -0.1) is 0 Å². The summed E-state index contributed by atoms with van der Waals surface area (Å²) >= 11 is 0. The third-order valence-corrected chi connectivity index (χ3v) is 3.13. The topological polar surface area (TPSA) is 29.5 Å². The normalized spacial score (nSPS) is 26.9. The monoisotopic (exact) mass is 224 g/mol. The summed E-state index contributed by atoms with van der Waals surface area (Å²) < 4.78 is 18.1. The van der Waals surface area contributed by atoms with Crippen LogP contribution in [0.15, 0.2) is 24.3 Å². The van der Waals surface area contributed by atoms with Crippen molar-refractivity contribution >= 4 is 0 Å². The summed E-state index contributed by atoms with van der Waals surface area (Å²) in [5.41, 5.74) is 0.966.